The Morgan fingerprint density at radius 3 is 1.61 bits per heavy atom. The number of hydrogen-bond donors (Lipinski definition) is 0. The van der Waals surface area contributed by atoms with E-state index in [1.54, 1.807) is 12.1 Å². The fraction of sp³-hybridized carbons (Fsp3) is 0.125. The third kappa shape index (κ3) is 7.09. The fourth-order valence-electron chi connectivity index (χ4n) is 3.03. The van der Waals surface area contributed by atoms with Crippen LogP contribution in [0.4, 0.5) is 40.7 Å². The molecule has 0 spiro atoms. The van der Waals surface area contributed by atoms with Crippen LogP contribution in [0.5, 0.6) is 5.75 Å². The molecule has 12 heteroatoms. The molecule has 0 aliphatic carbocycles. The Morgan fingerprint density at radius 2 is 1.19 bits per heavy atom. The summed E-state index contributed by atoms with van der Waals surface area (Å²) < 4.78 is 114. The second-order valence-corrected chi connectivity index (χ2v) is 7.23. The van der Waals surface area contributed by atoms with Gasteiger partial charge in [-0.3, -0.25) is 0 Å². The summed E-state index contributed by atoms with van der Waals surface area (Å²) in [5, 5.41) is 0. The Balaban J connectivity index is 2.13. The molecule has 0 heterocycles. The van der Waals surface area contributed by atoms with Crippen molar-refractivity contribution in [1.29, 1.82) is 0 Å². The smallest absolute Gasteiger partial charge is 0.505 e. The number of aliphatic imine (C=N–C) groups is 1. The van der Waals surface area contributed by atoms with E-state index in [9.17, 15) is 35.0 Å². The van der Waals surface area contributed by atoms with E-state index < -0.39 is 36.7 Å². The highest BCUT2D eigenvalue weighted by Crippen LogP contribution is 2.32. The second kappa shape index (κ2) is 10.8. The van der Waals surface area contributed by atoms with Gasteiger partial charge in [0, 0.05) is 17.2 Å². The third-order valence-corrected chi connectivity index (χ3v) is 4.81. The Kier molecular flexibility index (Phi) is 8.06. The van der Waals surface area contributed by atoms with E-state index in [0.29, 0.717) is 23.6 Å². The fourth-order valence-corrected chi connectivity index (χ4v) is 3.03. The number of nitrogens with zero attached hydrogens (tertiary/aromatic N) is 1. The minimum atomic E-state index is -4.65. The molecule has 36 heavy (non-hydrogen) atoms. The number of benzene rings is 3. The maximum absolute atomic E-state index is 13.2. The van der Waals surface area contributed by atoms with Crippen LogP contribution in [-0.4, -0.2) is 20.3 Å². The molecule has 0 atom stereocenters. The van der Waals surface area contributed by atoms with Crippen LogP contribution in [-0.2, 0) is 17.0 Å². The van der Waals surface area contributed by atoms with Crippen LogP contribution in [0, 0.1) is 0 Å². The van der Waals surface area contributed by atoms with Crippen LogP contribution in [0.2, 0.25) is 0 Å². The van der Waals surface area contributed by atoms with Crippen molar-refractivity contribution in [2.45, 2.75) is 12.4 Å². The number of rotatable bonds is 7. The van der Waals surface area contributed by atoms with Gasteiger partial charge in [-0.1, -0.05) is 24.3 Å². The van der Waals surface area contributed by atoms with E-state index in [1.807, 2.05) is 0 Å². The van der Waals surface area contributed by atoms with Gasteiger partial charge in [-0.2, -0.15) is 26.3 Å². The predicted molar refractivity (Wildman–Crippen MR) is 119 cm³/mol. The Labute approximate surface area is 200 Å². The molecule has 0 unspecified atom stereocenters. The number of ether oxygens (including phenoxy) is 1. The summed E-state index contributed by atoms with van der Waals surface area (Å²) in [6.07, 6.45) is -8.24. The third-order valence-electron chi connectivity index (χ3n) is 4.81. The van der Waals surface area contributed by atoms with Crippen molar-refractivity contribution in [3.05, 3.63) is 101 Å². The summed E-state index contributed by atoms with van der Waals surface area (Å²) in [6.45, 7) is 0. The normalized spacial score (nSPS) is 12.9. The van der Waals surface area contributed by atoms with Crippen LogP contribution in [0.3, 0.4) is 0 Å². The molecular formula is C24H16BF8NO2. The average Bonchev–Trinajstić information content (AvgIpc) is 2.82. The molecule has 0 fully saturated rings. The molecule has 0 N–H and O–H groups in total. The number of methoxy groups -OCH3 is 1. The Morgan fingerprint density at radius 1 is 0.722 bits per heavy atom. The quantitative estimate of drug-likeness (QED) is 0.140. The van der Waals surface area contributed by atoms with E-state index in [4.69, 9.17) is 4.74 Å². The zero-order valence-corrected chi connectivity index (χ0v) is 18.4. The number of halogens is 8. The monoisotopic (exact) mass is 513 g/mol. The van der Waals surface area contributed by atoms with Gasteiger partial charge in [-0.05, 0) is 48.5 Å². The maximum atomic E-state index is 13.2. The molecule has 0 saturated carbocycles. The molecule has 3 aromatic rings. The van der Waals surface area contributed by atoms with E-state index in [0.717, 1.165) is 42.5 Å². The lowest BCUT2D eigenvalue weighted by Gasteiger charge is -2.13. The summed E-state index contributed by atoms with van der Waals surface area (Å²) in [6, 6.07) is 13.2. The summed E-state index contributed by atoms with van der Waals surface area (Å²) in [4.78, 5) is 4.32. The molecule has 3 rings (SSSR count). The summed E-state index contributed by atoms with van der Waals surface area (Å²) in [7, 11) is -1.90. The van der Waals surface area contributed by atoms with Crippen molar-refractivity contribution in [2.75, 3.05) is 7.11 Å². The molecule has 0 aliphatic rings. The summed E-state index contributed by atoms with van der Waals surface area (Å²) in [5.41, 5.74) is -1.74. The molecule has 0 aromatic heterocycles. The number of alkyl halides is 6. The Hall–Kier alpha value is -3.83. The molecule has 3 aromatic carbocycles. The highest BCUT2D eigenvalue weighted by atomic mass is 19.4. The van der Waals surface area contributed by atoms with E-state index >= 15 is 0 Å². The van der Waals surface area contributed by atoms with Crippen LogP contribution in [0.15, 0.2) is 83.9 Å². The lowest BCUT2D eigenvalue weighted by Crippen LogP contribution is -2.09. The van der Waals surface area contributed by atoms with Crippen molar-refractivity contribution in [1.82, 2.24) is 0 Å². The van der Waals surface area contributed by atoms with Crippen LogP contribution in [0.25, 0.3) is 5.76 Å². The van der Waals surface area contributed by atoms with E-state index in [2.05, 4.69) is 9.65 Å². The molecule has 0 aliphatic heterocycles. The first kappa shape index (κ1) is 26.8. The molecule has 0 bridgehead atoms. The lowest BCUT2D eigenvalue weighted by atomic mass is 10.0. The van der Waals surface area contributed by atoms with Crippen molar-refractivity contribution in [2.24, 2.45) is 4.99 Å². The van der Waals surface area contributed by atoms with Crippen LogP contribution < -0.4 is 4.74 Å². The largest absolute Gasteiger partial charge is 0.796 e. The Bertz CT molecular complexity index is 1220. The topological polar surface area (TPSA) is 30.8 Å². The van der Waals surface area contributed by atoms with Gasteiger partial charge in [-0.15, -0.1) is 0 Å². The molecule has 0 radical (unpaired) electrons. The lowest BCUT2D eigenvalue weighted by molar-refractivity contribution is -0.138. The van der Waals surface area contributed by atoms with Gasteiger partial charge in [0.15, 0.2) is 0 Å². The second-order valence-electron chi connectivity index (χ2n) is 7.23. The highest BCUT2D eigenvalue weighted by Gasteiger charge is 2.31. The zero-order chi connectivity index (χ0) is 26.5. The van der Waals surface area contributed by atoms with Gasteiger partial charge in [0.25, 0.3) is 0 Å². The van der Waals surface area contributed by atoms with Crippen LogP contribution in [0.1, 0.15) is 22.3 Å². The van der Waals surface area contributed by atoms with Gasteiger partial charge in [0.05, 0.1) is 29.6 Å². The van der Waals surface area contributed by atoms with Crippen molar-refractivity contribution < 1.29 is 44.4 Å². The minimum absolute atomic E-state index is 0.0792. The van der Waals surface area contributed by atoms with Crippen molar-refractivity contribution in [3.8, 4) is 5.75 Å². The molecule has 188 valence electrons. The standard InChI is InChI=1S/C24H16BF8NO2/c1-35-20-12-10-19(11-13-20)34-21(15-2-6-17(7-3-15)23(26,27)28)14-22(36-25(32)33)16-4-8-18(9-5-16)24(29,30)31/h2-14H,1H3/b22-14-,34-21?. The van der Waals surface area contributed by atoms with Gasteiger partial charge in [-0.25, -0.2) is 13.6 Å². The highest BCUT2D eigenvalue weighted by molar-refractivity contribution is 6.36. The first-order chi connectivity index (χ1) is 16.9. The number of allylic oxidation sites excluding steroid dienone is 1. The molecule has 0 amide bonds. The molecular weight excluding hydrogens is 497 g/mol. The predicted octanol–water partition coefficient (Wildman–Crippen LogP) is 7.84. The maximum Gasteiger partial charge on any atom is 0.796 e. The van der Waals surface area contributed by atoms with Gasteiger partial charge >= 0.3 is 19.8 Å². The minimum Gasteiger partial charge on any atom is -0.505 e. The molecule has 3 nitrogen and oxygen atoms in total. The van der Waals surface area contributed by atoms with Gasteiger partial charge in [0.2, 0.25) is 0 Å². The van der Waals surface area contributed by atoms with E-state index in [-0.39, 0.29) is 16.8 Å². The summed E-state index contributed by atoms with van der Waals surface area (Å²) in [5.74, 6) is -0.0436. The van der Waals surface area contributed by atoms with Crippen molar-refractivity contribution >= 4 is 24.6 Å². The zero-order valence-electron chi connectivity index (χ0n) is 18.4. The van der Waals surface area contributed by atoms with Gasteiger partial charge < -0.3 is 9.39 Å². The van der Waals surface area contributed by atoms with Crippen LogP contribution >= 0.6 is 0 Å². The van der Waals surface area contributed by atoms with Crippen molar-refractivity contribution in [3.63, 3.8) is 0 Å². The molecule has 0 saturated heterocycles. The first-order valence-electron chi connectivity index (χ1n) is 10.1. The number of hydrogen-bond acceptors (Lipinski definition) is 3. The van der Waals surface area contributed by atoms with E-state index in [1.165, 1.54) is 19.2 Å². The van der Waals surface area contributed by atoms with Gasteiger partial charge in [0.1, 0.15) is 11.5 Å². The summed E-state index contributed by atoms with van der Waals surface area (Å²) >= 11 is 0. The SMILES string of the molecule is COc1ccc(N=C(/C=C(\OB(F)F)c2ccc(C(F)(F)F)cc2)c2ccc(C(F)(F)F)cc2)cc1. The average molecular weight is 513 g/mol. The first-order valence-corrected chi connectivity index (χ1v) is 10.1.